The standard InChI is InChI=1S/C18H22FN5O2S/c1-3-23-13-17(11-21-23)27(25,26)22-9-8-18-20-10-14(2)24(18)12-15-4-6-16(19)7-5-15/h4-7,10-11,13,22H,3,8-9,12H2,1-2H3. The number of rotatable bonds is 8. The summed E-state index contributed by atoms with van der Waals surface area (Å²) in [4.78, 5) is 4.53. The Balaban J connectivity index is 1.65. The van der Waals surface area contributed by atoms with E-state index >= 15 is 0 Å². The first-order chi connectivity index (χ1) is 12.9. The van der Waals surface area contributed by atoms with Gasteiger partial charge in [0, 0.05) is 44.1 Å². The van der Waals surface area contributed by atoms with Crippen LogP contribution in [0.1, 0.15) is 24.0 Å². The van der Waals surface area contributed by atoms with E-state index < -0.39 is 10.0 Å². The van der Waals surface area contributed by atoms with Crippen LogP contribution in [0.5, 0.6) is 0 Å². The van der Waals surface area contributed by atoms with E-state index in [1.807, 2.05) is 18.4 Å². The Labute approximate surface area is 157 Å². The summed E-state index contributed by atoms with van der Waals surface area (Å²) in [6.45, 7) is 5.20. The van der Waals surface area contributed by atoms with Gasteiger partial charge in [-0.25, -0.2) is 22.5 Å². The van der Waals surface area contributed by atoms with Crippen molar-refractivity contribution in [2.45, 2.75) is 38.3 Å². The van der Waals surface area contributed by atoms with Gasteiger partial charge in [0.05, 0.1) is 6.20 Å². The van der Waals surface area contributed by atoms with Crippen molar-refractivity contribution in [1.82, 2.24) is 24.1 Å². The van der Waals surface area contributed by atoms with Crippen LogP contribution in [-0.4, -0.2) is 34.3 Å². The molecule has 0 aliphatic heterocycles. The second-order valence-electron chi connectivity index (χ2n) is 6.21. The molecule has 0 aliphatic carbocycles. The number of sulfonamides is 1. The Kier molecular flexibility index (Phi) is 5.71. The summed E-state index contributed by atoms with van der Waals surface area (Å²) in [7, 11) is -3.60. The Bertz CT molecular complexity index is 1010. The highest BCUT2D eigenvalue weighted by Gasteiger charge is 2.16. The summed E-state index contributed by atoms with van der Waals surface area (Å²) in [5.41, 5.74) is 1.91. The van der Waals surface area contributed by atoms with Gasteiger partial charge in [-0.3, -0.25) is 4.68 Å². The normalized spacial score (nSPS) is 11.8. The first-order valence-corrected chi connectivity index (χ1v) is 10.1. The molecule has 2 heterocycles. The monoisotopic (exact) mass is 391 g/mol. The van der Waals surface area contributed by atoms with Crippen molar-refractivity contribution < 1.29 is 12.8 Å². The molecule has 1 aromatic carbocycles. The Morgan fingerprint density at radius 2 is 1.93 bits per heavy atom. The Morgan fingerprint density at radius 3 is 2.59 bits per heavy atom. The fraction of sp³-hybridized carbons (Fsp3) is 0.333. The van der Waals surface area contributed by atoms with Gasteiger partial charge >= 0.3 is 0 Å². The molecule has 0 radical (unpaired) electrons. The van der Waals surface area contributed by atoms with Gasteiger partial charge < -0.3 is 4.57 Å². The Hall–Kier alpha value is -2.52. The maximum Gasteiger partial charge on any atom is 0.243 e. The number of aromatic nitrogens is 4. The van der Waals surface area contributed by atoms with E-state index in [-0.39, 0.29) is 17.3 Å². The van der Waals surface area contributed by atoms with Crippen LogP contribution in [0.15, 0.2) is 47.8 Å². The molecule has 2 aromatic heterocycles. The minimum atomic E-state index is -3.60. The molecular formula is C18H22FN5O2S. The molecule has 7 nitrogen and oxygen atoms in total. The summed E-state index contributed by atoms with van der Waals surface area (Å²) < 4.78 is 43.9. The SMILES string of the molecule is CCn1cc(S(=O)(=O)NCCc2ncc(C)n2Cc2ccc(F)cc2)cn1. The maximum absolute atomic E-state index is 13.1. The lowest BCUT2D eigenvalue weighted by Gasteiger charge is -2.11. The average Bonchev–Trinajstić information content (AvgIpc) is 3.26. The number of imidazole rings is 1. The molecule has 144 valence electrons. The minimum Gasteiger partial charge on any atom is -0.328 e. The minimum absolute atomic E-state index is 0.148. The van der Waals surface area contributed by atoms with E-state index in [4.69, 9.17) is 0 Å². The van der Waals surface area contributed by atoms with Crippen molar-refractivity contribution in [3.63, 3.8) is 0 Å². The van der Waals surface area contributed by atoms with Crippen LogP contribution in [0.3, 0.4) is 0 Å². The van der Waals surface area contributed by atoms with Crippen molar-refractivity contribution in [1.29, 1.82) is 0 Å². The van der Waals surface area contributed by atoms with Crippen LogP contribution in [0.4, 0.5) is 4.39 Å². The summed E-state index contributed by atoms with van der Waals surface area (Å²) in [5, 5.41) is 3.99. The smallest absolute Gasteiger partial charge is 0.243 e. The first-order valence-electron chi connectivity index (χ1n) is 8.66. The average molecular weight is 391 g/mol. The van der Waals surface area contributed by atoms with Gasteiger partial charge in [-0.1, -0.05) is 12.1 Å². The highest BCUT2D eigenvalue weighted by Crippen LogP contribution is 2.12. The van der Waals surface area contributed by atoms with Crippen molar-refractivity contribution in [2.75, 3.05) is 6.54 Å². The highest BCUT2D eigenvalue weighted by atomic mass is 32.2. The van der Waals surface area contributed by atoms with Gasteiger partial charge in [-0.15, -0.1) is 0 Å². The Morgan fingerprint density at radius 1 is 1.19 bits per heavy atom. The molecule has 0 saturated heterocycles. The van der Waals surface area contributed by atoms with Crippen molar-refractivity contribution in [3.05, 3.63) is 65.8 Å². The van der Waals surface area contributed by atoms with Crippen LogP contribution >= 0.6 is 0 Å². The van der Waals surface area contributed by atoms with Crippen LogP contribution in [0.2, 0.25) is 0 Å². The number of hydrogen-bond donors (Lipinski definition) is 1. The van der Waals surface area contributed by atoms with E-state index in [1.165, 1.54) is 24.5 Å². The number of nitrogens with one attached hydrogen (secondary N) is 1. The molecule has 1 N–H and O–H groups in total. The predicted octanol–water partition coefficient (Wildman–Crippen LogP) is 2.12. The van der Waals surface area contributed by atoms with E-state index in [0.29, 0.717) is 19.5 Å². The third-order valence-corrected chi connectivity index (χ3v) is 5.69. The fourth-order valence-corrected chi connectivity index (χ4v) is 3.72. The molecule has 0 aliphatic rings. The number of nitrogens with zero attached hydrogens (tertiary/aromatic N) is 4. The van der Waals surface area contributed by atoms with E-state index in [9.17, 15) is 12.8 Å². The molecule has 0 atom stereocenters. The second-order valence-corrected chi connectivity index (χ2v) is 7.97. The van der Waals surface area contributed by atoms with E-state index in [1.54, 1.807) is 23.0 Å². The number of aryl methyl sites for hydroxylation is 2. The molecule has 0 fully saturated rings. The highest BCUT2D eigenvalue weighted by molar-refractivity contribution is 7.89. The largest absolute Gasteiger partial charge is 0.328 e. The summed E-state index contributed by atoms with van der Waals surface area (Å²) in [6, 6.07) is 6.30. The molecule has 0 saturated carbocycles. The molecule has 0 amide bonds. The number of halogens is 1. The number of benzene rings is 1. The topological polar surface area (TPSA) is 81.8 Å². The van der Waals surface area contributed by atoms with Gasteiger partial charge in [0.15, 0.2) is 0 Å². The molecule has 9 heteroatoms. The zero-order chi connectivity index (χ0) is 19.4. The first kappa shape index (κ1) is 19.2. The van der Waals surface area contributed by atoms with Crippen LogP contribution < -0.4 is 4.72 Å². The zero-order valence-corrected chi connectivity index (χ0v) is 16.1. The quantitative estimate of drug-likeness (QED) is 0.638. The van der Waals surface area contributed by atoms with Gasteiger partial charge in [0.1, 0.15) is 16.5 Å². The lowest BCUT2D eigenvalue weighted by Crippen LogP contribution is -2.26. The van der Waals surface area contributed by atoms with Gasteiger partial charge in [-0.05, 0) is 31.5 Å². The fourth-order valence-electron chi connectivity index (χ4n) is 2.74. The molecular weight excluding hydrogens is 369 g/mol. The lowest BCUT2D eigenvalue weighted by molar-refractivity contribution is 0.578. The van der Waals surface area contributed by atoms with Gasteiger partial charge in [-0.2, -0.15) is 5.10 Å². The second kappa shape index (κ2) is 8.01. The van der Waals surface area contributed by atoms with Gasteiger partial charge in [0.2, 0.25) is 10.0 Å². The number of hydrogen-bond acceptors (Lipinski definition) is 4. The molecule has 0 spiro atoms. The van der Waals surface area contributed by atoms with Crippen LogP contribution in [0.25, 0.3) is 0 Å². The van der Waals surface area contributed by atoms with E-state index in [0.717, 1.165) is 17.1 Å². The van der Waals surface area contributed by atoms with Gasteiger partial charge in [0.25, 0.3) is 0 Å². The third kappa shape index (κ3) is 4.61. The summed E-state index contributed by atoms with van der Waals surface area (Å²) in [6.07, 6.45) is 5.03. The van der Waals surface area contributed by atoms with Crippen LogP contribution in [-0.2, 0) is 29.5 Å². The molecule has 3 rings (SSSR count). The van der Waals surface area contributed by atoms with Crippen molar-refractivity contribution in [2.24, 2.45) is 0 Å². The maximum atomic E-state index is 13.1. The summed E-state index contributed by atoms with van der Waals surface area (Å²) in [5.74, 6) is 0.492. The molecule has 0 unspecified atom stereocenters. The molecule has 3 aromatic rings. The van der Waals surface area contributed by atoms with Crippen LogP contribution in [0, 0.1) is 12.7 Å². The lowest BCUT2D eigenvalue weighted by atomic mass is 10.2. The third-order valence-electron chi connectivity index (χ3n) is 4.28. The van der Waals surface area contributed by atoms with Crippen molar-refractivity contribution in [3.8, 4) is 0 Å². The zero-order valence-electron chi connectivity index (χ0n) is 15.3. The van der Waals surface area contributed by atoms with Crippen molar-refractivity contribution >= 4 is 10.0 Å². The molecule has 0 bridgehead atoms. The van der Waals surface area contributed by atoms with E-state index in [2.05, 4.69) is 14.8 Å². The predicted molar refractivity (Wildman–Crippen MR) is 99.3 cm³/mol. The molecule has 27 heavy (non-hydrogen) atoms. The summed E-state index contributed by atoms with van der Waals surface area (Å²) >= 11 is 0.